The quantitative estimate of drug-likeness (QED) is 0.646. The van der Waals surface area contributed by atoms with Crippen LogP contribution in [-0.2, 0) is 4.74 Å². The summed E-state index contributed by atoms with van der Waals surface area (Å²) in [7, 11) is 1.69. The molecule has 0 aliphatic rings. The number of benzene rings is 1. The van der Waals surface area contributed by atoms with Crippen molar-refractivity contribution < 1.29 is 4.74 Å². The van der Waals surface area contributed by atoms with Gasteiger partial charge in [-0.1, -0.05) is 12.1 Å². The fourth-order valence-corrected chi connectivity index (χ4v) is 1.90. The number of ether oxygens (including phenoxy) is 1. The Bertz CT molecular complexity index is 385. The number of hydrogen-bond acceptors (Lipinski definition) is 2. The summed E-state index contributed by atoms with van der Waals surface area (Å²) in [5, 5.41) is 6.92. The molecule has 5 heteroatoms. The maximum atomic E-state index is 5.20. The Morgan fingerprint density at radius 2 is 2.24 bits per heavy atom. The van der Waals surface area contributed by atoms with Crippen LogP contribution in [0.1, 0.15) is 12.0 Å². The second-order valence-electron chi connectivity index (χ2n) is 3.66. The predicted octanol–water partition coefficient (Wildman–Crippen LogP) is 3.08. The van der Waals surface area contributed by atoms with E-state index in [0.29, 0.717) is 5.11 Å². The van der Waals surface area contributed by atoms with Crippen LogP contribution in [0.3, 0.4) is 0 Å². The Kier molecular flexibility index (Phi) is 6.47. The lowest BCUT2D eigenvalue weighted by Gasteiger charge is -2.12. The van der Waals surface area contributed by atoms with Crippen molar-refractivity contribution in [2.24, 2.45) is 0 Å². The fourth-order valence-electron chi connectivity index (χ4n) is 1.33. The molecule has 0 heterocycles. The lowest BCUT2D eigenvalue weighted by atomic mass is 10.2. The van der Waals surface area contributed by atoms with E-state index in [9.17, 15) is 0 Å². The van der Waals surface area contributed by atoms with E-state index in [1.165, 1.54) is 5.56 Å². The van der Waals surface area contributed by atoms with Crippen molar-refractivity contribution in [3.8, 4) is 0 Å². The standard InChI is InChI=1S/C12H17BrN2OS/c1-9-5-3-6-10(11(9)13)15-12(17)14-7-4-8-16-2/h3,5-6H,4,7-8H2,1-2H3,(H2,14,15,17). The SMILES string of the molecule is COCCCNC(=S)Nc1cccc(C)c1Br. The lowest BCUT2D eigenvalue weighted by molar-refractivity contribution is 0.196. The number of halogens is 1. The van der Waals surface area contributed by atoms with Gasteiger partial charge in [-0.15, -0.1) is 0 Å². The van der Waals surface area contributed by atoms with E-state index in [0.717, 1.165) is 29.7 Å². The number of anilines is 1. The summed E-state index contributed by atoms with van der Waals surface area (Å²) in [6.07, 6.45) is 0.938. The zero-order valence-electron chi connectivity index (χ0n) is 10.0. The van der Waals surface area contributed by atoms with Crippen LogP contribution in [0.5, 0.6) is 0 Å². The molecule has 0 atom stereocenters. The Morgan fingerprint density at radius 1 is 1.47 bits per heavy atom. The molecule has 17 heavy (non-hydrogen) atoms. The molecular weight excluding hydrogens is 300 g/mol. The molecule has 3 nitrogen and oxygen atoms in total. The van der Waals surface area contributed by atoms with Crippen molar-refractivity contribution in [1.29, 1.82) is 0 Å². The van der Waals surface area contributed by atoms with Gasteiger partial charge in [-0.25, -0.2) is 0 Å². The van der Waals surface area contributed by atoms with Crippen molar-refractivity contribution in [2.45, 2.75) is 13.3 Å². The summed E-state index contributed by atoms with van der Waals surface area (Å²) >= 11 is 8.74. The molecule has 1 rings (SSSR count). The Morgan fingerprint density at radius 3 is 2.94 bits per heavy atom. The van der Waals surface area contributed by atoms with E-state index in [2.05, 4.69) is 26.6 Å². The van der Waals surface area contributed by atoms with Crippen molar-refractivity contribution in [2.75, 3.05) is 25.6 Å². The van der Waals surface area contributed by atoms with Gasteiger partial charge >= 0.3 is 0 Å². The van der Waals surface area contributed by atoms with E-state index >= 15 is 0 Å². The zero-order chi connectivity index (χ0) is 12.7. The molecule has 0 saturated carbocycles. The van der Waals surface area contributed by atoms with E-state index < -0.39 is 0 Å². The van der Waals surface area contributed by atoms with Crippen molar-refractivity contribution >= 4 is 38.9 Å². The van der Waals surface area contributed by atoms with Gasteiger partial charge in [0.05, 0.1) is 5.69 Å². The minimum Gasteiger partial charge on any atom is -0.385 e. The number of hydrogen-bond donors (Lipinski definition) is 2. The smallest absolute Gasteiger partial charge is 0.170 e. The maximum absolute atomic E-state index is 5.20. The van der Waals surface area contributed by atoms with E-state index in [4.69, 9.17) is 17.0 Å². The highest BCUT2D eigenvalue weighted by Crippen LogP contribution is 2.25. The molecule has 0 amide bonds. The number of thiocarbonyl (C=S) groups is 1. The minimum absolute atomic E-state index is 0.632. The molecule has 1 aromatic carbocycles. The van der Waals surface area contributed by atoms with Gasteiger partial charge in [0.25, 0.3) is 0 Å². The first-order chi connectivity index (χ1) is 8.15. The Balaban J connectivity index is 2.43. The molecule has 0 radical (unpaired) electrons. The third kappa shape index (κ3) is 5.02. The summed E-state index contributed by atoms with van der Waals surface area (Å²) in [4.78, 5) is 0. The van der Waals surface area contributed by atoms with Crippen molar-refractivity contribution in [3.63, 3.8) is 0 Å². The van der Waals surface area contributed by atoms with Gasteiger partial charge in [-0.2, -0.15) is 0 Å². The summed E-state index contributed by atoms with van der Waals surface area (Å²) < 4.78 is 6.01. The molecule has 0 spiro atoms. The number of aryl methyl sites for hydroxylation is 1. The number of nitrogens with one attached hydrogen (secondary N) is 2. The minimum atomic E-state index is 0.632. The average molecular weight is 317 g/mol. The average Bonchev–Trinajstić information content (AvgIpc) is 2.31. The molecule has 0 fully saturated rings. The summed E-state index contributed by atoms with van der Waals surface area (Å²) in [6, 6.07) is 6.03. The van der Waals surface area contributed by atoms with E-state index in [1.807, 2.05) is 25.1 Å². The third-order valence-electron chi connectivity index (χ3n) is 2.25. The molecule has 0 bridgehead atoms. The summed E-state index contributed by atoms with van der Waals surface area (Å²) in [5.41, 5.74) is 2.16. The molecular formula is C12H17BrN2OS. The zero-order valence-corrected chi connectivity index (χ0v) is 12.5. The third-order valence-corrected chi connectivity index (χ3v) is 3.55. The summed E-state index contributed by atoms with van der Waals surface area (Å²) in [5.74, 6) is 0. The lowest BCUT2D eigenvalue weighted by Crippen LogP contribution is -2.29. The van der Waals surface area contributed by atoms with Gasteiger partial charge in [0.2, 0.25) is 0 Å². The molecule has 0 unspecified atom stereocenters. The first-order valence-corrected chi connectivity index (χ1v) is 6.64. The second-order valence-corrected chi connectivity index (χ2v) is 4.86. The van der Waals surface area contributed by atoms with Gasteiger partial charge in [0, 0.05) is 24.7 Å². The van der Waals surface area contributed by atoms with Crippen LogP contribution in [0.4, 0.5) is 5.69 Å². The van der Waals surface area contributed by atoms with Crippen LogP contribution < -0.4 is 10.6 Å². The summed E-state index contributed by atoms with van der Waals surface area (Å²) in [6.45, 7) is 3.59. The van der Waals surface area contributed by atoms with Gasteiger partial charge in [0.15, 0.2) is 5.11 Å². The number of rotatable bonds is 5. The number of methoxy groups -OCH3 is 1. The molecule has 0 aliphatic heterocycles. The molecule has 94 valence electrons. The largest absolute Gasteiger partial charge is 0.385 e. The van der Waals surface area contributed by atoms with Gasteiger partial charge in [-0.05, 0) is 53.1 Å². The Labute approximate surface area is 116 Å². The second kappa shape index (κ2) is 7.63. The van der Waals surface area contributed by atoms with Gasteiger partial charge < -0.3 is 15.4 Å². The Hall–Kier alpha value is -0.650. The highest BCUT2D eigenvalue weighted by molar-refractivity contribution is 9.10. The van der Waals surface area contributed by atoms with Crippen LogP contribution in [-0.4, -0.2) is 25.4 Å². The first-order valence-electron chi connectivity index (χ1n) is 5.44. The van der Waals surface area contributed by atoms with Crippen LogP contribution in [0.2, 0.25) is 0 Å². The van der Waals surface area contributed by atoms with Crippen molar-refractivity contribution in [3.05, 3.63) is 28.2 Å². The first kappa shape index (κ1) is 14.4. The van der Waals surface area contributed by atoms with Gasteiger partial charge in [-0.3, -0.25) is 0 Å². The monoisotopic (exact) mass is 316 g/mol. The van der Waals surface area contributed by atoms with E-state index in [1.54, 1.807) is 7.11 Å². The molecule has 0 aliphatic carbocycles. The van der Waals surface area contributed by atoms with Crippen LogP contribution in [0, 0.1) is 6.92 Å². The molecule has 1 aromatic rings. The van der Waals surface area contributed by atoms with E-state index in [-0.39, 0.29) is 0 Å². The van der Waals surface area contributed by atoms with Crippen LogP contribution >= 0.6 is 28.1 Å². The van der Waals surface area contributed by atoms with Crippen molar-refractivity contribution in [1.82, 2.24) is 5.32 Å². The maximum Gasteiger partial charge on any atom is 0.170 e. The predicted molar refractivity (Wildman–Crippen MR) is 79.6 cm³/mol. The highest BCUT2D eigenvalue weighted by Gasteiger charge is 2.03. The normalized spacial score (nSPS) is 10.1. The molecule has 0 saturated heterocycles. The molecule has 2 N–H and O–H groups in total. The van der Waals surface area contributed by atoms with Crippen LogP contribution in [0.15, 0.2) is 22.7 Å². The fraction of sp³-hybridized carbons (Fsp3) is 0.417. The highest BCUT2D eigenvalue weighted by atomic mass is 79.9. The topological polar surface area (TPSA) is 33.3 Å². The van der Waals surface area contributed by atoms with Crippen LogP contribution in [0.25, 0.3) is 0 Å². The van der Waals surface area contributed by atoms with Gasteiger partial charge in [0.1, 0.15) is 0 Å². The molecule has 0 aromatic heterocycles.